The van der Waals surface area contributed by atoms with Gasteiger partial charge in [-0.3, -0.25) is 0 Å². The van der Waals surface area contributed by atoms with E-state index in [0.717, 1.165) is 24.4 Å². The van der Waals surface area contributed by atoms with Crippen LogP contribution in [0.2, 0.25) is 0 Å². The molecule has 1 aliphatic heterocycles. The number of aromatic nitrogens is 1. The third-order valence-electron chi connectivity index (χ3n) is 3.55. The van der Waals surface area contributed by atoms with Gasteiger partial charge in [-0.15, -0.1) is 11.3 Å². The second-order valence-electron chi connectivity index (χ2n) is 5.12. The molecule has 100 valence electrons. The van der Waals surface area contributed by atoms with Gasteiger partial charge in [0.25, 0.3) is 0 Å². The van der Waals surface area contributed by atoms with Gasteiger partial charge in [-0.2, -0.15) is 11.8 Å². The van der Waals surface area contributed by atoms with Crippen LogP contribution in [-0.2, 0) is 6.54 Å². The number of anilines is 1. The fraction of sp³-hybridized carbons (Fsp3) is 0.769. The van der Waals surface area contributed by atoms with Gasteiger partial charge in [0.1, 0.15) is 0 Å². The summed E-state index contributed by atoms with van der Waals surface area (Å²) < 4.78 is 0. The van der Waals surface area contributed by atoms with Crippen LogP contribution >= 0.6 is 23.1 Å². The Morgan fingerprint density at radius 1 is 1.50 bits per heavy atom. The fourth-order valence-corrected chi connectivity index (χ4v) is 4.24. The van der Waals surface area contributed by atoms with Crippen molar-refractivity contribution in [2.24, 2.45) is 0 Å². The molecule has 2 fully saturated rings. The molecule has 1 N–H and O–H groups in total. The van der Waals surface area contributed by atoms with Gasteiger partial charge in [0.05, 0.1) is 5.69 Å². The molecule has 3 rings (SSSR count). The molecule has 1 aliphatic carbocycles. The Morgan fingerprint density at radius 3 is 3.17 bits per heavy atom. The molecule has 0 spiro atoms. The van der Waals surface area contributed by atoms with Crippen molar-refractivity contribution in [1.29, 1.82) is 0 Å². The van der Waals surface area contributed by atoms with Gasteiger partial charge in [-0.05, 0) is 19.3 Å². The fourth-order valence-electron chi connectivity index (χ4n) is 2.20. The molecule has 5 heteroatoms. The molecule has 1 aromatic rings. The first-order chi connectivity index (χ1) is 8.85. The number of thiazole rings is 1. The maximum Gasteiger partial charge on any atom is 0.185 e. The number of rotatable bonds is 5. The predicted octanol–water partition coefficient (Wildman–Crippen LogP) is 2.73. The highest BCUT2D eigenvalue weighted by Gasteiger charge is 2.22. The van der Waals surface area contributed by atoms with Gasteiger partial charge < -0.3 is 10.2 Å². The van der Waals surface area contributed by atoms with Crippen molar-refractivity contribution in [2.75, 3.05) is 23.7 Å². The van der Waals surface area contributed by atoms with E-state index in [1.165, 1.54) is 42.4 Å². The van der Waals surface area contributed by atoms with E-state index in [-0.39, 0.29) is 0 Å². The van der Waals surface area contributed by atoms with E-state index in [1.807, 2.05) is 0 Å². The zero-order valence-electron chi connectivity index (χ0n) is 10.9. The Labute approximate surface area is 117 Å². The lowest BCUT2D eigenvalue weighted by Crippen LogP contribution is -2.37. The number of nitrogens with zero attached hydrogens (tertiary/aromatic N) is 2. The molecule has 0 aromatic carbocycles. The van der Waals surface area contributed by atoms with Gasteiger partial charge >= 0.3 is 0 Å². The minimum Gasteiger partial charge on any atom is -0.346 e. The minimum absolute atomic E-state index is 0.769. The van der Waals surface area contributed by atoms with Gasteiger partial charge in [-0.1, -0.05) is 6.92 Å². The van der Waals surface area contributed by atoms with E-state index in [0.29, 0.717) is 0 Å². The second kappa shape index (κ2) is 5.80. The van der Waals surface area contributed by atoms with Crippen molar-refractivity contribution >= 4 is 28.2 Å². The zero-order chi connectivity index (χ0) is 12.4. The molecule has 2 aliphatic rings. The Bertz CT molecular complexity index is 389. The predicted molar refractivity (Wildman–Crippen MR) is 80.7 cm³/mol. The third kappa shape index (κ3) is 3.19. The van der Waals surface area contributed by atoms with Crippen LogP contribution in [0.1, 0.15) is 31.9 Å². The van der Waals surface area contributed by atoms with E-state index in [4.69, 9.17) is 4.98 Å². The van der Waals surface area contributed by atoms with Crippen molar-refractivity contribution in [3.05, 3.63) is 11.1 Å². The Hall–Kier alpha value is -0.260. The number of thioether (sulfide) groups is 1. The zero-order valence-corrected chi connectivity index (χ0v) is 12.5. The van der Waals surface area contributed by atoms with Crippen molar-refractivity contribution in [1.82, 2.24) is 10.3 Å². The monoisotopic (exact) mass is 283 g/mol. The van der Waals surface area contributed by atoms with Crippen LogP contribution in [0.3, 0.4) is 0 Å². The maximum absolute atomic E-state index is 4.78. The first-order valence-corrected chi connectivity index (χ1v) is 8.82. The summed E-state index contributed by atoms with van der Waals surface area (Å²) in [6.45, 7) is 5.56. The third-order valence-corrected chi connectivity index (χ3v) is 5.88. The first-order valence-electron chi connectivity index (χ1n) is 6.89. The summed E-state index contributed by atoms with van der Waals surface area (Å²) in [5.41, 5.74) is 1.22. The molecule has 1 aromatic heterocycles. The number of hydrogen-bond acceptors (Lipinski definition) is 5. The van der Waals surface area contributed by atoms with Gasteiger partial charge in [0, 0.05) is 42.1 Å². The SMILES string of the molecule is CCC1CN(c2nc(CNC3CC3)cs2)CCS1. The van der Waals surface area contributed by atoms with Gasteiger partial charge in [-0.25, -0.2) is 4.98 Å². The molecule has 1 atom stereocenters. The van der Waals surface area contributed by atoms with Gasteiger partial charge in [0.15, 0.2) is 5.13 Å². The summed E-state index contributed by atoms with van der Waals surface area (Å²) in [7, 11) is 0. The Balaban J connectivity index is 1.57. The summed E-state index contributed by atoms with van der Waals surface area (Å²) in [5.74, 6) is 1.24. The number of hydrogen-bond donors (Lipinski definition) is 1. The quantitative estimate of drug-likeness (QED) is 0.899. The molecular weight excluding hydrogens is 262 g/mol. The van der Waals surface area contributed by atoms with Gasteiger partial charge in [0.2, 0.25) is 0 Å². The van der Waals surface area contributed by atoms with E-state index in [2.05, 4.69) is 34.3 Å². The molecule has 3 nitrogen and oxygen atoms in total. The lowest BCUT2D eigenvalue weighted by molar-refractivity contribution is 0.674. The summed E-state index contributed by atoms with van der Waals surface area (Å²) in [6, 6.07) is 0.769. The second-order valence-corrected chi connectivity index (χ2v) is 7.37. The van der Waals surface area contributed by atoms with Crippen molar-refractivity contribution < 1.29 is 0 Å². The van der Waals surface area contributed by atoms with Crippen LogP contribution in [0, 0.1) is 0 Å². The van der Waals surface area contributed by atoms with Crippen LogP contribution in [0.5, 0.6) is 0 Å². The van der Waals surface area contributed by atoms with Crippen LogP contribution in [0.4, 0.5) is 5.13 Å². The highest BCUT2D eigenvalue weighted by Crippen LogP contribution is 2.28. The van der Waals surface area contributed by atoms with Crippen LogP contribution in [0.25, 0.3) is 0 Å². The number of nitrogens with one attached hydrogen (secondary N) is 1. The standard InChI is InChI=1S/C13H21N3S2/c1-2-12-8-16(5-6-17-12)13-15-11(9-18-13)7-14-10-3-4-10/h9-10,12,14H,2-8H2,1H3. The average molecular weight is 283 g/mol. The molecule has 1 unspecified atom stereocenters. The molecule has 1 saturated carbocycles. The Morgan fingerprint density at radius 2 is 2.39 bits per heavy atom. The van der Waals surface area contributed by atoms with E-state index in [1.54, 1.807) is 11.3 Å². The van der Waals surface area contributed by atoms with Crippen molar-refractivity contribution in [2.45, 2.75) is 44.0 Å². The van der Waals surface area contributed by atoms with E-state index < -0.39 is 0 Å². The first kappa shape index (κ1) is 12.8. The highest BCUT2D eigenvalue weighted by molar-refractivity contribution is 8.00. The summed E-state index contributed by atoms with van der Waals surface area (Å²) >= 11 is 3.92. The highest BCUT2D eigenvalue weighted by atomic mass is 32.2. The summed E-state index contributed by atoms with van der Waals surface area (Å²) in [4.78, 5) is 7.24. The molecular formula is C13H21N3S2. The molecule has 0 radical (unpaired) electrons. The normalized spacial score (nSPS) is 24.5. The van der Waals surface area contributed by atoms with E-state index >= 15 is 0 Å². The minimum atomic E-state index is 0.769. The topological polar surface area (TPSA) is 28.2 Å². The molecule has 0 bridgehead atoms. The molecule has 2 heterocycles. The molecule has 18 heavy (non-hydrogen) atoms. The van der Waals surface area contributed by atoms with Crippen LogP contribution in [0.15, 0.2) is 5.38 Å². The van der Waals surface area contributed by atoms with Crippen molar-refractivity contribution in [3.63, 3.8) is 0 Å². The summed E-state index contributed by atoms with van der Waals surface area (Å²) in [5, 5.41) is 7.76. The molecule has 1 saturated heterocycles. The lowest BCUT2D eigenvalue weighted by Gasteiger charge is -2.31. The van der Waals surface area contributed by atoms with E-state index in [9.17, 15) is 0 Å². The summed E-state index contributed by atoms with van der Waals surface area (Å²) in [6.07, 6.45) is 3.96. The maximum atomic E-state index is 4.78. The van der Waals surface area contributed by atoms with Crippen molar-refractivity contribution in [3.8, 4) is 0 Å². The average Bonchev–Trinajstić information content (AvgIpc) is 3.13. The van der Waals surface area contributed by atoms with Crippen LogP contribution in [-0.4, -0.2) is 35.1 Å². The Kier molecular flexibility index (Phi) is 4.11. The lowest BCUT2D eigenvalue weighted by atomic mass is 10.3. The largest absolute Gasteiger partial charge is 0.346 e. The molecule has 0 amide bonds. The van der Waals surface area contributed by atoms with Crippen LogP contribution < -0.4 is 10.2 Å². The smallest absolute Gasteiger partial charge is 0.185 e.